The summed E-state index contributed by atoms with van der Waals surface area (Å²) in [5.41, 5.74) is 0.530. The molecule has 0 amide bonds. The van der Waals surface area contributed by atoms with Crippen molar-refractivity contribution in [2.45, 2.75) is 85.2 Å². The second kappa shape index (κ2) is 7.46. The van der Waals surface area contributed by atoms with Gasteiger partial charge >= 0.3 is 0 Å². The summed E-state index contributed by atoms with van der Waals surface area (Å²) in [7, 11) is 0. The zero-order chi connectivity index (χ0) is 15.5. The second-order valence-corrected chi connectivity index (χ2v) is 8.55. The van der Waals surface area contributed by atoms with Gasteiger partial charge in [-0.15, -0.1) is 0 Å². The average Bonchev–Trinajstić information content (AvgIpc) is 2.45. The lowest BCUT2D eigenvalue weighted by Crippen LogP contribution is -2.52. The van der Waals surface area contributed by atoms with Gasteiger partial charge in [-0.3, -0.25) is 4.90 Å². The number of piperidine rings is 1. The highest BCUT2D eigenvalue weighted by Gasteiger charge is 2.38. The summed E-state index contributed by atoms with van der Waals surface area (Å²) >= 11 is 0. The van der Waals surface area contributed by atoms with E-state index in [2.05, 4.69) is 44.8 Å². The molecule has 1 saturated carbocycles. The molecule has 2 unspecified atom stereocenters. The molecule has 1 aliphatic heterocycles. The van der Waals surface area contributed by atoms with Crippen LogP contribution in [0, 0.1) is 17.3 Å². The van der Waals surface area contributed by atoms with E-state index in [0.717, 1.165) is 17.9 Å². The van der Waals surface area contributed by atoms with Crippen molar-refractivity contribution in [3.8, 4) is 0 Å². The lowest BCUT2D eigenvalue weighted by molar-refractivity contribution is 0.0314. The third-order valence-corrected chi connectivity index (χ3v) is 6.26. The highest BCUT2D eigenvalue weighted by molar-refractivity contribution is 4.92. The molecule has 2 aliphatic rings. The van der Waals surface area contributed by atoms with Crippen molar-refractivity contribution in [1.29, 1.82) is 0 Å². The van der Waals surface area contributed by atoms with Gasteiger partial charge in [-0.2, -0.15) is 0 Å². The Bertz CT molecular complexity index is 305. The third kappa shape index (κ3) is 4.69. The Balaban J connectivity index is 2.01. The predicted octanol–water partition coefficient (Wildman–Crippen LogP) is 4.30. The topological polar surface area (TPSA) is 15.3 Å². The van der Waals surface area contributed by atoms with Crippen molar-refractivity contribution in [1.82, 2.24) is 10.2 Å². The van der Waals surface area contributed by atoms with Crippen LogP contribution in [0.5, 0.6) is 0 Å². The first kappa shape index (κ1) is 17.3. The van der Waals surface area contributed by atoms with Gasteiger partial charge in [-0.05, 0) is 56.4 Å². The summed E-state index contributed by atoms with van der Waals surface area (Å²) < 4.78 is 0. The van der Waals surface area contributed by atoms with E-state index >= 15 is 0 Å². The molecule has 1 aliphatic carbocycles. The number of nitrogens with zero attached hydrogens (tertiary/aromatic N) is 1. The zero-order valence-corrected chi connectivity index (χ0v) is 15.1. The molecule has 1 heterocycles. The fourth-order valence-electron chi connectivity index (χ4n) is 4.26. The molecule has 124 valence electrons. The van der Waals surface area contributed by atoms with E-state index < -0.39 is 0 Å². The molecular weight excluding hydrogens is 256 g/mol. The predicted molar refractivity (Wildman–Crippen MR) is 92.6 cm³/mol. The van der Waals surface area contributed by atoms with Crippen molar-refractivity contribution in [2.75, 3.05) is 19.6 Å². The van der Waals surface area contributed by atoms with Crippen LogP contribution in [0.4, 0.5) is 0 Å². The maximum absolute atomic E-state index is 3.76. The first-order chi connectivity index (χ1) is 9.92. The van der Waals surface area contributed by atoms with E-state index in [0.29, 0.717) is 11.5 Å². The van der Waals surface area contributed by atoms with E-state index in [-0.39, 0.29) is 0 Å². The van der Waals surface area contributed by atoms with E-state index in [9.17, 15) is 0 Å². The molecular formula is C19H38N2. The summed E-state index contributed by atoms with van der Waals surface area (Å²) in [6.45, 7) is 15.8. The monoisotopic (exact) mass is 294 g/mol. The number of hydrogen-bond acceptors (Lipinski definition) is 2. The summed E-state index contributed by atoms with van der Waals surface area (Å²) in [5, 5.41) is 3.76. The van der Waals surface area contributed by atoms with Gasteiger partial charge in [0.25, 0.3) is 0 Å². The molecule has 0 aromatic rings. The quantitative estimate of drug-likeness (QED) is 0.813. The van der Waals surface area contributed by atoms with Crippen LogP contribution in [-0.2, 0) is 0 Å². The number of nitrogens with one attached hydrogen (secondary N) is 1. The molecule has 2 nitrogen and oxygen atoms in total. The van der Waals surface area contributed by atoms with Crippen molar-refractivity contribution in [3.05, 3.63) is 0 Å². The molecule has 0 aromatic heterocycles. The van der Waals surface area contributed by atoms with Gasteiger partial charge in [0, 0.05) is 25.2 Å². The molecule has 0 aromatic carbocycles. The van der Waals surface area contributed by atoms with E-state index in [1.807, 2.05) is 0 Å². The molecule has 0 bridgehead atoms. The fraction of sp³-hybridized carbons (Fsp3) is 1.00. The summed E-state index contributed by atoms with van der Waals surface area (Å²) in [6, 6.07) is 1.38. The minimum absolute atomic E-state index is 0.530. The van der Waals surface area contributed by atoms with Gasteiger partial charge in [-0.25, -0.2) is 0 Å². The van der Waals surface area contributed by atoms with Crippen LogP contribution in [-0.4, -0.2) is 36.6 Å². The van der Waals surface area contributed by atoms with Crippen LogP contribution in [0.15, 0.2) is 0 Å². The zero-order valence-electron chi connectivity index (χ0n) is 15.1. The molecule has 21 heavy (non-hydrogen) atoms. The van der Waals surface area contributed by atoms with Gasteiger partial charge in [0.05, 0.1) is 0 Å². The first-order valence-corrected chi connectivity index (χ1v) is 9.39. The summed E-state index contributed by atoms with van der Waals surface area (Å²) in [6.07, 6.45) is 8.52. The smallest absolute Gasteiger partial charge is 0.00928 e. The van der Waals surface area contributed by atoms with E-state index in [4.69, 9.17) is 0 Å². The van der Waals surface area contributed by atoms with Crippen LogP contribution in [0.25, 0.3) is 0 Å². The molecule has 0 spiro atoms. The van der Waals surface area contributed by atoms with Gasteiger partial charge in [-0.1, -0.05) is 40.5 Å². The highest BCUT2D eigenvalue weighted by Crippen LogP contribution is 2.40. The Morgan fingerprint density at radius 2 is 1.76 bits per heavy atom. The van der Waals surface area contributed by atoms with Crippen LogP contribution >= 0.6 is 0 Å². The molecule has 0 radical (unpaired) electrons. The molecule has 2 atom stereocenters. The largest absolute Gasteiger partial charge is 0.314 e. The Hall–Kier alpha value is -0.0800. The highest BCUT2D eigenvalue weighted by atomic mass is 15.2. The van der Waals surface area contributed by atoms with Crippen molar-refractivity contribution >= 4 is 0 Å². The SMILES string of the molecule is CC1CCC(CNC(C)C)(CN2CCCC(C)C2C)CC1. The Morgan fingerprint density at radius 3 is 2.38 bits per heavy atom. The van der Waals surface area contributed by atoms with Crippen LogP contribution in [0.3, 0.4) is 0 Å². The lowest BCUT2D eigenvalue weighted by atomic mass is 9.69. The number of likely N-dealkylation sites (tertiary alicyclic amines) is 1. The Kier molecular flexibility index (Phi) is 6.14. The number of rotatable bonds is 5. The Labute approximate surface area is 133 Å². The fourth-order valence-corrected chi connectivity index (χ4v) is 4.26. The van der Waals surface area contributed by atoms with Crippen LogP contribution in [0.2, 0.25) is 0 Å². The molecule has 2 rings (SSSR count). The standard InChI is InChI=1S/C19H38N2/c1-15(2)20-13-19(10-8-16(3)9-11-19)14-21-12-6-7-17(4)18(21)5/h15-18,20H,6-14H2,1-5H3. The van der Waals surface area contributed by atoms with Crippen molar-refractivity contribution in [3.63, 3.8) is 0 Å². The van der Waals surface area contributed by atoms with Crippen molar-refractivity contribution < 1.29 is 0 Å². The first-order valence-electron chi connectivity index (χ1n) is 9.39. The van der Waals surface area contributed by atoms with E-state index in [1.54, 1.807) is 0 Å². The molecule has 1 saturated heterocycles. The van der Waals surface area contributed by atoms with Crippen molar-refractivity contribution in [2.24, 2.45) is 17.3 Å². The molecule has 1 N–H and O–H groups in total. The van der Waals surface area contributed by atoms with Gasteiger partial charge in [0.1, 0.15) is 0 Å². The van der Waals surface area contributed by atoms with Crippen LogP contribution in [0.1, 0.15) is 73.1 Å². The average molecular weight is 295 g/mol. The molecule has 2 fully saturated rings. The second-order valence-electron chi connectivity index (χ2n) is 8.55. The molecule has 2 heteroatoms. The summed E-state index contributed by atoms with van der Waals surface area (Å²) in [4.78, 5) is 2.81. The van der Waals surface area contributed by atoms with Crippen LogP contribution < -0.4 is 5.32 Å². The number of hydrogen-bond donors (Lipinski definition) is 1. The maximum atomic E-state index is 3.76. The van der Waals surface area contributed by atoms with Gasteiger partial charge in [0.15, 0.2) is 0 Å². The Morgan fingerprint density at radius 1 is 1.10 bits per heavy atom. The van der Waals surface area contributed by atoms with Gasteiger partial charge < -0.3 is 5.32 Å². The van der Waals surface area contributed by atoms with E-state index in [1.165, 1.54) is 58.2 Å². The summed E-state index contributed by atoms with van der Waals surface area (Å²) in [5.74, 6) is 1.81. The maximum Gasteiger partial charge on any atom is 0.00928 e. The minimum atomic E-state index is 0.530. The lowest BCUT2D eigenvalue weighted by Gasteiger charge is -2.47. The normalized spacial score (nSPS) is 38.9. The third-order valence-electron chi connectivity index (χ3n) is 6.26. The minimum Gasteiger partial charge on any atom is -0.314 e. The van der Waals surface area contributed by atoms with Gasteiger partial charge in [0.2, 0.25) is 0 Å².